The van der Waals surface area contributed by atoms with Gasteiger partial charge in [0.1, 0.15) is 17.7 Å². The zero-order chi connectivity index (χ0) is 23.1. The number of rotatable bonds is 7. The minimum atomic E-state index is -0.764. The number of nitrogens with one attached hydrogen (secondary N) is 1. The van der Waals surface area contributed by atoms with Crippen LogP contribution < -0.4 is 0 Å². The molecule has 0 radical (unpaired) electrons. The lowest BCUT2D eigenvalue weighted by Crippen LogP contribution is -2.42. The number of thioether (sulfide) groups is 1. The number of halogens is 2. The molecule has 4 heterocycles. The van der Waals surface area contributed by atoms with Gasteiger partial charge in [0.15, 0.2) is 11.5 Å². The summed E-state index contributed by atoms with van der Waals surface area (Å²) in [5.74, 6) is 0.351. The van der Waals surface area contributed by atoms with Crippen LogP contribution >= 0.6 is 11.8 Å². The second-order valence-corrected chi connectivity index (χ2v) is 9.66. The number of aromatic nitrogens is 4. The van der Waals surface area contributed by atoms with Gasteiger partial charge in [0.05, 0.1) is 23.5 Å². The highest BCUT2D eigenvalue weighted by molar-refractivity contribution is 7.97. The van der Waals surface area contributed by atoms with Gasteiger partial charge in [-0.1, -0.05) is 0 Å². The molecule has 0 amide bonds. The van der Waals surface area contributed by atoms with Crippen molar-refractivity contribution in [2.45, 2.75) is 31.4 Å². The Balaban J connectivity index is 1.52. The van der Waals surface area contributed by atoms with Crippen LogP contribution in [0.5, 0.6) is 0 Å². The molecule has 1 aliphatic carbocycles. The average Bonchev–Trinajstić information content (AvgIpc) is 3.46. The van der Waals surface area contributed by atoms with E-state index in [9.17, 15) is 13.9 Å². The van der Waals surface area contributed by atoms with Crippen molar-refractivity contribution in [3.05, 3.63) is 47.4 Å². The maximum Gasteiger partial charge on any atom is 0.173 e. The van der Waals surface area contributed by atoms with E-state index in [2.05, 4.69) is 15.0 Å². The van der Waals surface area contributed by atoms with Crippen molar-refractivity contribution < 1.29 is 13.9 Å². The molecule has 2 N–H and O–H groups in total. The topological polar surface area (TPSA) is 82.4 Å². The van der Waals surface area contributed by atoms with Crippen LogP contribution in [0.4, 0.5) is 8.78 Å². The fourth-order valence-corrected chi connectivity index (χ4v) is 5.61. The van der Waals surface area contributed by atoms with E-state index in [1.165, 1.54) is 36.1 Å². The smallest absolute Gasteiger partial charge is 0.173 e. The van der Waals surface area contributed by atoms with Gasteiger partial charge in [-0.15, -0.1) is 11.8 Å². The molecule has 1 saturated heterocycles. The summed E-state index contributed by atoms with van der Waals surface area (Å²) >= 11 is 1.55. The number of piperidine rings is 1. The summed E-state index contributed by atoms with van der Waals surface area (Å²) in [5, 5.41) is 23.5. The number of imidazole rings is 1. The molecule has 1 aliphatic heterocycles. The Morgan fingerprint density at radius 3 is 2.76 bits per heavy atom. The SMILES string of the molecule is CSCn1nc(-c2cnc3c(F)cc(F)cn23)c(C=N)c1/C=C/C(O)N1CC2CCC(C2)C1. The van der Waals surface area contributed by atoms with E-state index in [1.807, 2.05) is 6.26 Å². The van der Waals surface area contributed by atoms with Crippen LogP contribution in [0.15, 0.2) is 24.5 Å². The second kappa shape index (κ2) is 9.00. The fraction of sp³-hybridized carbons (Fsp3) is 0.435. The molecular formula is C23H26F2N6OS. The standard InChI is InChI=1S/C23H26F2N6OS/c1-33-13-31-19(4-5-21(32)29-10-14-2-3-15(6-14)11-29)17(8-26)22(28-31)20-9-27-23-18(25)7-16(24)12-30(20)23/h4-5,7-9,12,14-15,21,26,32H,2-3,6,10-11,13H2,1H3/b5-4+,26-8?. The summed E-state index contributed by atoms with van der Waals surface area (Å²) in [4.78, 5) is 6.19. The molecule has 0 spiro atoms. The van der Waals surface area contributed by atoms with Crippen molar-refractivity contribution in [2.24, 2.45) is 11.8 Å². The van der Waals surface area contributed by atoms with Crippen LogP contribution in [0, 0.1) is 28.9 Å². The molecule has 3 aromatic rings. The van der Waals surface area contributed by atoms with Crippen molar-refractivity contribution >= 4 is 29.7 Å². The third-order valence-corrected chi connectivity index (χ3v) is 7.13. The molecule has 2 aliphatic rings. The monoisotopic (exact) mass is 472 g/mol. The first-order chi connectivity index (χ1) is 16.0. The predicted octanol–water partition coefficient (Wildman–Crippen LogP) is 3.86. The Kier molecular flexibility index (Phi) is 6.07. The lowest BCUT2D eigenvalue weighted by molar-refractivity contribution is 0.00826. The van der Waals surface area contributed by atoms with Gasteiger partial charge in [-0.05, 0) is 49.5 Å². The van der Waals surface area contributed by atoms with Crippen LogP contribution in [-0.4, -0.2) is 61.0 Å². The normalized spacial score (nSPS) is 21.9. The highest BCUT2D eigenvalue weighted by atomic mass is 32.2. The predicted molar refractivity (Wildman–Crippen MR) is 125 cm³/mol. The van der Waals surface area contributed by atoms with Gasteiger partial charge in [0.2, 0.25) is 0 Å². The number of fused-ring (bicyclic) bond motifs is 3. The molecule has 0 aromatic carbocycles. The first-order valence-electron chi connectivity index (χ1n) is 11.0. The Bertz CT molecular complexity index is 1210. The van der Waals surface area contributed by atoms with Crippen molar-refractivity contribution in [1.82, 2.24) is 24.1 Å². The summed E-state index contributed by atoms with van der Waals surface area (Å²) in [7, 11) is 0. The van der Waals surface area contributed by atoms with Gasteiger partial charge in [-0.2, -0.15) is 5.10 Å². The average molecular weight is 473 g/mol. The number of aliphatic hydroxyl groups excluding tert-OH is 1. The summed E-state index contributed by atoms with van der Waals surface area (Å²) in [5.41, 5.74) is 1.94. The van der Waals surface area contributed by atoms with Crippen LogP contribution in [0.3, 0.4) is 0 Å². The van der Waals surface area contributed by atoms with Crippen LogP contribution in [0.2, 0.25) is 0 Å². The van der Waals surface area contributed by atoms with Gasteiger partial charge >= 0.3 is 0 Å². The molecule has 174 valence electrons. The van der Waals surface area contributed by atoms with E-state index < -0.39 is 17.9 Å². The number of likely N-dealkylation sites (tertiary alicyclic amines) is 1. The minimum absolute atomic E-state index is 0.00556. The van der Waals surface area contributed by atoms with Gasteiger partial charge in [0.25, 0.3) is 0 Å². The second-order valence-electron chi connectivity index (χ2n) is 8.82. The molecular weight excluding hydrogens is 446 g/mol. The quantitative estimate of drug-likeness (QED) is 0.511. The van der Waals surface area contributed by atoms with E-state index in [4.69, 9.17) is 5.41 Å². The summed E-state index contributed by atoms with van der Waals surface area (Å²) < 4.78 is 31.1. The molecule has 3 unspecified atom stereocenters. The molecule has 7 nitrogen and oxygen atoms in total. The van der Waals surface area contributed by atoms with Crippen molar-refractivity contribution in [3.8, 4) is 11.4 Å². The third kappa shape index (κ3) is 4.11. The van der Waals surface area contributed by atoms with Gasteiger partial charge in [0, 0.05) is 37.1 Å². The zero-order valence-corrected chi connectivity index (χ0v) is 19.1. The maximum absolute atomic E-state index is 14.2. The number of nitrogens with zero attached hydrogens (tertiary/aromatic N) is 5. The van der Waals surface area contributed by atoms with Crippen molar-refractivity contribution in [1.29, 1.82) is 5.41 Å². The van der Waals surface area contributed by atoms with E-state index in [0.717, 1.165) is 25.4 Å². The van der Waals surface area contributed by atoms with Crippen LogP contribution in [0.25, 0.3) is 23.1 Å². The first kappa shape index (κ1) is 22.2. The highest BCUT2D eigenvalue weighted by Gasteiger charge is 2.34. The molecule has 2 fully saturated rings. The third-order valence-electron chi connectivity index (χ3n) is 6.63. The molecule has 2 bridgehead atoms. The Hall–Kier alpha value is -2.56. The summed E-state index contributed by atoms with van der Waals surface area (Å²) in [6.07, 6.45) is 12.3. The Morgan fingerprint density at radius 1 is 1.30 bits per heavy atom. The maximum atomic E-state index is 14.2. The van der Waals surface area contributed by atoms with E-state index in [1.54, 1.807) is 28.6 Å². The van der Waals surface area contributed by atoms with Gasteiger partial charge in [-0.25, -0.2) is 13.8 Å². The van der Waals surface area contributed by atoms with E-state index in [-0.39, 0.29) is 5.65 Å². The fourth-order valence-electron chi connectivity index (χ4n) is 5.17. The lowest BCUT2D eigenvalue weighted by Gasteiger charge is -2.34. The summed E-state index contributed by atoms with van der Waals surface area (Å²) in [6.45, 7) is 1.79. The first-order valence-corrected chi connectivity index (χ1v) is 12.4. The number of pyridine rings is 1. The highest BCUT2D eigenvalue weighted by Crippen LogP contribution is 2.37. The van der Waals surface area contributed by atoms with Crippen LogP contribution in [0.1, 0.15) is 30.5 Å². The minimum Gasteiger partial charge on any atom is -0.375 e. The Morgan fingerprint density at radius 2 is 2.06 bits per heavy atom. The molecule has 1 saturated carbocycles. The zero-order valence-electron chi connectivity index (χ0n) is 18.3. The number of hydrogen-bond acceptors (Lipinski definition) is 6. The van der Waals surface area contributed by atoms with E-state index >= 15 is 0 Å². The lowest BCUT2D eigenvalue weighted by atomic mass is 9.98. The van der Waals surface area contributed by atoms with E-state index in [0.29, 0.717) is 40.4 Å². The van der Waals surface area contributed by atoms with Crippen molar-refractivity contribution in [2.75, 3.05) is 19.3 Å². The largest absolute Gasteiger partial charge is 0.375 e. The van der Waals surface area contributed by atoms with Gasteiger partial charge in [-0.3, -0.25) is 14.0 Å². The van der Waals surface area contributed by atoms with Gasteiger partial charge < -0.3 is 10.5 Å². The number of hydrogen-bond donors (Lipinski definition) is 2. The number of aliphatic hydroxyl groups is 1. The molecule has 3 aromatic heterocycles. The van der Waals surface area contributed by atoms with Crippen molar-refractivity contribution in [3.63, 3.8) is 0 Å². The summed E-state index contributed by atoms with van der Waals surface area (Å²) in [6, 6.07) is 0.790. The molecule has 10 heteroatoms. The molecule has 5 rings (SSSR count). The molecule has 33 heavy (non-hydrogen) atoms. The van der Waals surface area contributed by atoms with Crippen LogP contribution in [-0.2, 0) is 5.88 Å². The Labute approximate surface area is 194 Å². The molecule has 3 atom stereocenters.